The molecule has 2 atom stereocenters. The van der Waals surface area contributed by atoms with Crippen molar-refractivity contribution in [1.82, 2.24) is 15.2 Å². The quantitative estimate of drug-likeness (QED) is 0.538. The average molecular weight is 473 g/mol. The summed E-state index contributed by atoms with van der Waals surface area (Å²) in [6.45, 7) is 15.0. The number of rotatable bonds is 7. The molecule has 2 unspecified atom stereocenters. The number of fused-ring (bicyclic) bond motifs is 1. The minimum absolute atomic E-state index is 0.00339. The third-order valence-electron chi connectivity index (χ3n) is 6.84. The van der Waals surface area contributed by atoms with Gasteiger partial charge in [-0.05, 0) is 38.2 Å². The van der Waals surface area contributed by atoms with Gasteiger partial charge in [-0.25, -0.2) is 0 Å². The summed E-state index contributed by atoms with van der Waals surface area (Å²) in [5, 5.41) is 11.9. The Balaban J connectivity index is 1.93. The number of piperazine rings is 1. The number of carbonyl (C=O) groups is 2. The fraction of sp³-hybridized carbons (Fsp3) is 0.654. The van der Waals surface area contributed by atoms with Gasteiger partial charge in [0.15, 0.2) is 0 Å². The van der Waals surface area contributed by atoms with Crippen molar-refractivity contribution in [2.24, 2.45) is 10.5 Å². The smallest absolute Gasteiger partial charge is 0.272 e. The lowest BCUT2D eigenvalue weighted by Gasteiger charge is -2.49. The van der Waals surface area contributed by atoms with Crippen LogP contribution in [0.5, 0.6) is 0 Å². The molecule has 1 aliphatic carbocycles. The van der Waals surface area contributed by atoms with Crippen molar-refractivity contribution in [3.05, 3.63) is 35.9 Å². The number of carbonyl (C=O) groups excluding carboxylic acids is 2. The van der Waals surface area contributed by atoms with Crippen LogP contribution >= 0.6 is 11.8 Å². The molecule has 2 fully saturated rings. The molecule has 3 aliphatic rings. The summed E-state index contributed by atoms with van der Waals surface area (Å²) >= 11 is 1.61. The van der Waals surface area contributed by atoms with Crippen LogP contribution in [0.2, 0.25) is 0 Å². The lowest BCUT2D eigenvalue weighted by molar-refractivity contribution is -0.151. The molecule has 0 spiro atoms. The fourth-order valence-corrected chi connectivity index (χ4v) is 5.36. The van der Waals surface area contributed by atoms with Crippen LogP contribution < -0.4 is 5.32 Å². The summed E-state index contributed by atoms with van der Waals surface area (Å²) in [5.41, 5.74) is 0.480. The van der Waals surface area contributed by atoms with E-state index < -0.39 is 5.54 Å². The minimum atomic E-state index is -1.02. The van der Waals surface area contributed by atoms with E-state index in [0.29, 0.717) is 25.2 Å². The normalized spacial score (nSPS) is 25.4. The van der Waals surface area contributed by atoms with Crippen molar-refractivity contribution in [3.63, 3.8) is 0 Å². The third-order valence-corrected chi connectivity index (χ3v) is 7.96. The van der Waals surface area contributed by atoms with Gasteiger partial charge in [0.05, 0.1) is 6.54 Å². The molecule has 2 amide bonds. The van der Waals surface area contributed by atoms with Crippen molar-refractivity contribution >= 4 is 29.3 Å². The van der Waals surface area contributed by atoms with E-state index in [0.717, 1.165) is 31.4 Å². The van der Waals surface area contributed by atoms with Gasteiger partial charge < -0.3 is 10.2 Å². The number of nitrogens with one attached hydrogen (secondary N) is 1. The SMILES string of the molecule is C=CC(CN1C(=O)C2=CCC(C(C)(C)C)=NN2CC1(C)C(=O)NC1CCCCC1)S/C=C\C. The first-order chi connectivity index (χ1) is 15.6. The molecule has 33 heavy (non-hydrogen) atoms. The van der Waals surface area contributed by atoms with E-state index in [9.17, 15) is 9.59 Å². The Bertz CT molecular complexity index is 851. The number of nitrogens with zero attached hydrogens (tertiary/aromatic N) is 3. The molecule has 0 bridgehead atoms. The van der Waals surface area contributed by atoms with E-state index in [1.54, 1.807) is 21.7 Å². The molecule has 1 N–H and O–H groups in total. The Morgan fingerprint density at radius 3 is 2.67 bits per heavy atom. The standard InChI is InChI=1S/C26H40N4O2S/c1-7-16-33-20(8-2)17-29-23(31)21-14-15-22(25(3,4)5)28-30(21)18-26(29,6)24(32)27-19-12-10-9-11-13-19/h7-8,14,16,19-20H,2,9-13,15,17-18H2,1,3-6H3,(H,27,32)/b16-7-. The highest BCUT2D eigenvalue weighted by atomic mass is 32.2. The molecule has 0 aromatic rings. The monoisotopic (exact) mass is 472 g/mol. The highest BCUT2D eigenvalue weighted by Gasteiger charge is 2.51. The lowest BCUT2D eigenvalue weighted by atomic mass is 9.86. The molecular formula is C26H40N4O2S. The maximum absolute atomic E-state index is 13.8. The van der Waals surface area contributed by atoms with Crippen LogP contribution in [0.15, 0.2) is 41.0 Å². The molecule has 0 aromatic heterocycles. The van der Waals surface area contributed by atoms with Crippen molar-refractivity contribution in [2.45, 2.75) is 90.0 Å². The van der Waals surface area contributed by atoms with Crippen LogP contribution in [0.4, 0.5) is 0 Å². The second kappa shape index (κ2) is 10.5. The van der Waals surface area contributed by atoms with E-state index in [1.165, 1.54) is 6.42 Å². The summed E-state index contributed by atoms with van der Waals surface area (Å²) in [4.78, 5) is 29.3. The molecule has 7 heteroatoms. The zero-order chi connectivity index (χ0) is 24.2. The van der Waals surface area contributed by atoms with Crippen LogP contribution in [0.1, 0.15) is 73.1 Å². The number of hydrogen-bond acceptors (Lipinski definition) is 5. The Morgan fingerprint density at radius 1 is 1.36 bits per heavy atom. The summed E-state index contributed by atoms with van der Waals surface area (Å²) in [6.07, 6.45) is 12.0. The Kier molecular flexibility index (Phi) is 8.14. The molecule has 2 heterocycles. The molecule has 2 aliphatic heterocycles. The second-order valence-electron chi connectivity index (χ2n) is 10.5. The van der Waals surface area contributed by atoms with E-state index in [-0.39, 0.29) is 28.5 Å². The second-order valence-corrected chi connectivity index (χ2v) is 11.7. The first kappa shape index (κ1) is 25.6. The zero-order valence-corrected chi connectivity index (χ0v) is 21.7. The molecular weight excluding hydrogens is 432 g/mol. The Hall–Kier alpha value is -2.02. The summed E-state index contributed by atoms with van der Waals surface area (Å²) < 4.78 is 0. The number of allylic oxidation sites excluding steroid dienone is 2. The van der Waals surface area contributed by atoms with Gasteiger partial charge in [0.25, 0.3) is 5.91 Å². The summed E-state index contributed by atoms with van der Waals surface area (Å²) in [5.74, 6) is -0.217. The van der Waals surface area contributed by atoms with Crippen molar-refractivity contribution in [3.8, 4) is 0 Å². The molecule has 182 valence electrons. The van der Waals surface area contributed by atoms with Gasteiger partial charge in [-0.15, -0.1) is 18.3 Å². The van der Waals surface area contributed by atoms with Gasteiger partial charge in [0.2, 0.25) is 5.91 Å². The van der Waals surface area contributed by atoms with Gasteiger partial charge in [0, 0.05) is 35.4 Å². The van der Waals surface area contributed by atoms with Gasteiger partial charge in [-0.2, -0.15) is 5.10 Å². The minimum Gasteiger partial charge on any atom is -0.351 e. The van der Waals surface area contributed by atoms with Gasteiger partial charge in [-0.3, -0.25) is 14.6 Å². The van der Waals surface area contributed by atoms with Crippen molar-refractivity contribution in [2.75, 3.05) is 13.1 Å². The molecule has 3 rings (SSSR count). The predicted molar refractivity (Wildman–Crippen MR) is 138 cm³/mol. The molecule has 1 saturated carbocycles. The molecule has 0 aromatic carbocycles. The lowest BCUT2D eigenvalue weighted by Crippen LogP contribution is -2.69. The van der Waals surface area contributed by atoms with Crippen LogP contribution in [-0.4, -0.2) is 57.4 Å². The highest BCUT2D eigenvalue weighted by molar-refractivity contribution is 8.02. The maximum Gasteiger partial charge on any atom is 0.272 e. The van der Waals surface area contributed by atoms with Crippen molar-refractivity contribution < 1.29 is 9.59 Å². The third kappa shape index (κ3) is 5.73. The number of amides is 2. The van der Waals surface area contributed by atoms with E-state index in [1.807, 2.05) is 37.5 Å². The average Bonchev–Trinajstić information content (AvgIpc) is 2.78. The van der Waals surface area contributed by atoms with Crippen molar-refractivity contribution in [1.29, 1.82) is 0 Å². The van der Waals surface area contributed by atoms with Crippen LogP contribution in [0, 0.1) is 5.41 Å². The number of hydrogen-bond donors (Lipinski definition) is 1. The van der Waals surface area contributed by atoms with Crippen LogP contribution in [-0.2, 0) is 9.59 Å². The molecule has 0 radical (unpaired) electrons. The predicted octanol–water partition coefficient (Wildman–Crippen LogP) is 4.85. The molecule has 1 saturated heterocycles. The Labute approximate surface area is 203 Å². The first-order valence-corrected chi connectivity index (χ1v) is 13.1. The largest absolute Gasteiger partial charge is 0.351 e. The van der Waals surface area contributed by atoms with Crippen LogP contribution in [0.25, 0.3) is 0 Å². The highest BCUT2D eigenvalue weighted by Crippen LogP contribution is 2.35. The van der Waals surface area contributed by atoms with Gasteiger partial charge >= 0.3 is 0 Å². The van der Waals surface area contributed by atoms with Crippen LogP contribution in [0.3, 0.4) is 0 Å². The first-order valence-electron chi connectivity index (χ1n) is 12.2. The van der Waals surface area contributed by atoms with Gasteiger partial charge in [0.1, 0.15) is 11.2 Å². The summed E-state index contributed by atoms with van der Waals surface area (Å²) in [6, 6.07) is 0.180. The van der Waals surface area contributed by atoms with E-state index >= 15 is 0 Å². The van der Waals surface area contributed by atoms with E-state index in [2.05, 4.69) is 32.7 Å². The van der Waals surface area contributed by atoms with Gasteiger partial charge in [-0.1, -0.05) is 52.2 Å². The topological polar surface area (TPSA) is 65.0 Å². The molecule has 6 nitrogen and oxygen atoms in total. The number of hydrazone groups is 1. The number of thioether (sulfide) groups is 1. The summed E-state index contributed by atoms with van der Waals surface area (Å²) in [7, 11) is 0. The Morgan fingerprint density at radius 2 is 2.06 bits per heavy atom. The zero-order valence-electron chi connectivity index (χ0n) is 20.9. The maximum atomic E-state index is 13.8. The fourth-order valence-electron chi connectivity index (χ4n) is 4.65. The van der Waals surface area contributed by atoms with E-state index in [4.69, 9.17) is 5.10 Å².